The number of amides is 3. The van der Waals surface area contributed by atoms with Crippen LogP contribution in [-0.4, -0.2) is 24.3 Å². The third-order valence-electron chi connectivity index (χ3n) is 4.23. The van der Waals surface area contributed by atoms with Gasteiger partial charge in [-0.1, -0.05) is 19.1 Å². The van der Waals surface area contributed by atoms with Crippen molar-refractivity contribution < 1.29 is 18.8 Å². The lowest BCUT2D eigenvalue weighted by molar-refractivity contribution is -0.116. The van der Waals surface area contributed by atoms with Gasteiger partial charge in [-0.3, -0.25) is 14.4 Å². The van der Waals surface area contributed by atoms with E-state index in [-0.39, 0.29) is 30.0 Å². The highest BCUT2D eigenvalue weighted by Gasteiger charge is 2.10. The van der Waals surface area contributed by atoms with Crippen molar-refractivity contribution in [2.24, 2.45) is 0 Å². The Bertz CT molecular complexity index is 1050. The van der Waals surface area contributed by atoms with Crippen molar-refractivity contribution in [3.8, 4) is 0 Å². The predicted molar refractivity (Wildman–Crippen MR) is 120 cm³/mol. The number of carbonyl (C=O) groups excluding carboxylic acids is 3. The van der Waals surface area contributed by atoms with Crippen LogP contribution in [0.25, 0.3) is 0 Å². The van der Waals surface area contributed by atoms with Crippen molar-refractivity contribution in [3.63, 3.8) is 0 Å². The molecule has 2 aromatic carbocycles. The molecule has 8 heteroatoms. The first-order valence-corrected chi connectivity index (χ1v) is 9.92. The fourth-order valence-corrected chi connectivity index (χ4v) is 2.82. The first-order valence-electron chi connectivity index (χ1n) is 9.92. The molecule has 0 radical (unpaired) electrons. The summed E-state index contributed by atoms with van der Waals surface area (Å²) >= 11 is 0. The summed E-state index contributed by atoms with van der Waals surface area (Å²) in [6, 6.07) is 17.2. The molecule has 0 saturated carbocycles. The van der Waals surface area contributed by atoms with E-state index in [0.29, 0.717) is 29.2 Å². The average Bonchev–Trinajstić information content (AvgIpc) is 3.28. The predicted octanol–water partition coefficient (Wildman–Crippen LogP) is 4.32. The summed E-state index contributed by atoms with van der Waals surface area (Å²) in [5.41, 5.74) is 2.46. The molecule has 0 aliphatic rings. The van der Waals surface area contributed by atoms with E-state index in [1.807, 2.05) is 13.0 Å². The zero-order valence-electron chi connectivity index (χ0n) is 17.1. The lowest BCUT2D eigenvalue weighted by atomic mass is 10.2. The van der Waals surface area contributed by atoms with Gasteiger partial charge in [0.25, 0.3) is 5.91 Å². The van der Waals surface area contributed by atoms with Gasteiger partial charge in [-0.05, 0) is 55.0 Å². The molecule has 0 fully saturated rings. The Kier molecular flexibility index (Phi) is 7.42. The van der Waals surface area contributed by atoms with E-state index in [1.165, 1.54) is 6.26 Å². The third kappa shape index (κ3) is 6.74. The fraction of sp³-hybridized carbons (Fsp3) is 0.174. The van der Waals surface area contributed by atoms with Crippen molar-refractivity contribution in [2.75, 3.05) is 27.8 Å². The lowest BCUT2D eigenvalue weighted by Gasteiger charge is -2.11. The summed E-state index contributed by atoms with van der Waals surface area (Å²) in [6.07, 6.45) is 2.66. The van der Waals surface area contributed by atoms with Crippen LogP contribution >= 0.6 is 0 Å². The number of benzene rings is 2. The minimum absolute atomic E-state index is 0.0370. The van der Waals surface area contributed by atoms with Crippen LogP contribution in [0, 0.1) is 0 Å². The van der Waals surface area contributed by atoms with Gasteiger partial charge in [-0.25, -0.2) is 0 Å². The average molecular weight is 420 g/mol. The Hall–Kier alpha value is -4.07. The van der Waals surface area contributed by atoms with E-state index in [1.54, 1.807) is 54.6 Å². The van der Waals surface area contributed by atoms with Crippen LogP contribution in [0.4, 0.5) is 22.7 Å². The van der Waals surface area contributed by atoms with Crippen LogP contribution in [0.3, 0.4) is 0 Å². The molecule has 0 spiro atoms. The summed E-state index contributed by atoms with van der Waals surface area (Å²) in [4.78, 5) is 36.1. The van der Waals surface area contributed by atoms with Gasteiger partial charge in [0.2, 0.25) is 11.8 Å². The van der Waals surface area contributed by atoms with E-state index in [0.717, 1.165) is 6.42 Å². The summed E-state index contributed by atoms with van der Waals surface area (Å²) in [7, 11) is 0. The molecule has 31 heavy (non-hydrogen) atoms. The molecule has 0 aliphatic carbocycles. The Morgan fingerprint density at radius 3 is 2.03 bits per heavy atom. The summed E-state index contributed by atoms with van der Waals surface area (Å²) in [6.45, 7) is 1.98. The second kappa shape index (κ2) is 10.6. The quantitative estimate of drug-likeness (QED) is 0.412. The van der Waals surface area contributed by atoms with Crippen molar-refractivity contribution in [1.82, 2.24) is 0 Å². The van der Waals surface area contributed by atoms with Gasteiger partial charge in [0, 0.05) is 29.2 Å². The largest absolute Gasteiger partial charge is 0.459 e. The molecule has 3 rings (SSSR count). The molecule has 4 N–H and O–H groups in total. The SMILES string of the molecule is CCCC(=O)Nc1cccc(NCC(=O)Nc2cccc(NC(=O)c3ccco3)c2)c1. The first-order chi connectivity index (χ1) is 15.0. The van der Waals surface area contributed by atoms with Gasteiger partial charge in [-0.15, -0.1) is 0 Å². The van der Waals surface area contributed by atoms with Crippen LogP contribution < -0.4 is 21.3 Å². The topological polar surface area (TPSA) is 112 Å². The second-order valence-electron chi connectivity index (χ2n) is 6.79. The van der Waals surface area contributed by atoms with Gasteiger partial charge in [0.1, 0.15) is 0 Å². The number of nitrogens with one attached hydrogen (secondary N) is 4. The van der Waals surface area contributed by atoms with E-state index in [4.69, 9.17) is 4.42 Å². The molecule has 0 unspecified atom stereocenters. The third-order valence-corrected chi connectivity index (χ3v) is 4.23. The molecule has 0 atom stereocenters. The van der Waals surface area contributed by atoms with Gasteiger partial charge >= 0.3 is 0 Å². The van der Waals surface area contributed by atoms with Crippen LogP contribution in [-0.2, 0) is 9.59 Å². The molecular weight excluding hydrogens is 396 g/mol. The van der Waals surface area contributed by atoms with E-state index in [2.05, 4.69) is 21.3 Å². The number of carbonyl (C=O) groups is 3. The normalized spacial score (nSPS) is 10.2. The maximum atomic E-state index is 12.3. The van der Waals surface area contributed by atoms with Gasteiger partial charge in [-0.2, -0.15) is 0 Å². The lowest BCUT2D eigenvalue weighted by Crippen LogP contribution is -2.22. The number of hydrogen-bond donors (Lipinski definition) is 4. The number of hydrogen-bond acceptors (Lipinski definition) is 5. The Morgan fingerprint density at radius 1 is 0.774 bits per heavy atom. The van der Waals surface area contributed by atoms with Crippen LogP contribution in [0.15, 0.2) is 71.3 Å². The Balaban J connectivity index is 1.52. The van der Waals surface area contributed by atoms with Crippen LogP contribution in [0.2, 0.25) is 0 Å². The van der Waals surface area contributed by atoms with Crippen LogP contribution in [0.5, 0.6) is 0 Å². The molecule has 8 nitrogen and oxygen atoms in total. The standard InChI is InChI=1S/C23H24N4O4/c1-2-6-21(28)25-17-8-3-7-16(13-17)24-15-22(29)26-18-9-4-10-19(14-18)27-23(30)20-11-5-12-31-20/h3-5,7-14,24H,2,6,15H2,1H3,(H,25,28)(H,26,29)(H,27,30). The summed E-state index contributed by atoms with van der Waals surface area (Å²) in [5.74, 6) is -0.473. The molecule has 0 saturated heterocycles. The zero-order chi connectivity index (χ0) is 22.1. The van der Waals surface area contributed by atoms with E-state index < -0.39 is 0 Å². The minimum atomic E-state index is -0.374. The fourth-order valence-electron chi connectivity index (χ4n) is 2.82. The highest BCUT2D eigenvalue weighted by molar-refractivity contribution is 6.03. The molecule has 1 aromatic heterocycles. The highest BCUT2D eigenvalue weighted by Crippen LogP contribution is 2.17. The number of furan rings is 1. The molecule has 160 valence electrons. The molecular formula is C23H24N4O4. The van der Waals surface area contributed by atoms with E-state index in [9.17, 15) is 14.4 Å². The molecule has 0 aliphatic heterocycles. The number of rotatable bonds is 9. The van der Waals surface area contributed by atoms with Gasteiger partial charge in [0.15, 0.2) is 5.76 Å². The van der Waals surface area contributed by atoms with Crippen LogP contribution in [0.1, 0.15) is 30.3 Å². The zero-order valence-corrected chi connectivity index (χ0v) is 17.1. The first kappa shape index (κ1) is 21.6. The Labute approximate surface area is 180 Å². The smallest absolute Gasteiger partial charge is 0.291 e. The molecule has 1 heterocycles. The van der Waals surface area contributed by atoms with Crippen molar-refractivity contribution in [2.45, 2.75) is 19.8 Å². The highest BCUT2D eigenvalue weighted by atomic mass is 16.3. The second-order valence-corrected chi connectivity index (χ2v) is 6.79. The molecule has 0 bridgehead atoms. The maximum absolute atomic E-state index is 12.3. The van der Waals surface area contributed by atoms with Crippen molar-refractivity contribution in [3.05, 3.63) is 72.7 Å². The monoisotopic (exact) mass is 420 g/mol. The minimum Gasteiger partial charge on any atom is -0.459 e. The van der Waals surface area contributed by atoms with Gasteiger partial charge in [0.05, 0.1) is 12.8 Å². The molecule has 3 aromatic rings. The summed E-state index contributed by atoms with van der Waals surface area (Å²) < 4.78 is 5.06. The van der Waals surface area contributed by atoms with Crippen molar-refractivity contribution in [1.29, 1.82) is 0 Å². The van der Waals surface area contributed by atoms with Crippen molar-refractivity contribution >= 4 is 40.5 Å². The number of anilines is 4. The maximum Gasteiger partial charge on any atom is 0.291 e. The molecule has 3 amide bonds. The van der Waals surface area contributed by atoms with Gasteiger partial charge < -0.3 is 25.7 Å². The van der Waals surface area contributed by atoms with E-state index >= 15 is 0 Å². The summed E-state index contributed by atoms with van der Waals surface area (Å²) in [5, 5.41) is 11.3. The Morgan fingerprint density at radius 2 is 1.39 bits per heavy atom.